The molecule has 28 heavy (non-hydrogen) atoms. The van der Waals surface area contributed by atoms with Crippen molar-refractivity contribution in [3.8, 4) is 0 Å². The second kappa shape index (κ2) is 9.77. The number of benzene rings is 1. The average molecular weight is 385 g/mol. The summed E-state index contributed by atoms with van der Waals surface area (Å²) in [6, 6.07) is 7.74. The largest absolute Gasteiger partial charge is 0.481 e. The number of urea groups is 1. The van der Waals surface area contributed by atoms with Crippen LogP contribution in [-0.2, 0) is 11.3 Å². The van der Waals surface area contributed by atoms with Crippen LogP contribution in [0.25, 0.3) is 0 Å². The fourth-order valence-electron chi connectivity index (χ4n) is 3.55. The van der Waals surface area contributed by atoms with E-state index in [1.165, 1.54) is 0 Å². The number of carboxylic acids is 1. The number of H-pyrrole nitrogens is 1. The monoisotopic (exact) mass is 385 g/mol. The Balaban J connectivity index is 1.46. The zero-order valence-electron chi connectivity index (χ0n) is 15.9. The van der Waals surface area contributed by atoms with Crippen LogP contribution in [0.3, 0.4) is 0 Å². The molecule has 8 nitrogen and oxygen atoms in total. The lowest BCUT2D eigenvalue weighted by molar-refractivity contribution is -0.137. The van der Waals surface area contributed by atoms with E-state index < -0.39 is 5.97 Å². The summed E-state index contributed by atoms with van der Waals surface area (Å²) in [5.41, 5.74) is 2.08. The molecule has 4 N–H and O–H groups in total. The first-order valence-electron chi connectivity index (χ1n) is 9.69. The van der Waals surface area contributed by atoms with Gasteiger partial charge in [0, 0.05) is 38.6 Å². The van der Waals surface area contributed by atoms with Crippen LogP contribution in [0.5, 0.6) is 0 Å². The lowest BCUT2D eigenvalue weighted by Crippen LogP contribution is -2.40. The predicted molar refractivity (Wildman–Crippen MR) is 106 cm³/mol. The number of hydrogen-bond donors (Lipinski definition) is 4. The Labute approximate surface area is 164 Å². The number of unbranched alkanes of at least 4 members (excludes halogenated alkanes) is 1. The zero-order chi connectivity index (χ0) is 19.8. The molecular formula is C20H27N5O3. The third-order valence-corrected chi connectivity index (χ3v) is 4.98. The fraction of sp³-hybridized carbons (Fsp3) is 0.450. The highest BCUT2D eigenvalue weighted by Gasteiger charge is 2.26. The van der Waals surface area contributed by atoms with Gasteiger partial charge in [-0.25, -0.2) is 9.78 Å². The molecule has 0 spiro atoms. The highest BCUT2D eigenvalue weighted by atomic mass is 16.4. The molecule has 1 aliphatic heterocycles. The van der Waals surface area contributed by atoms with Crippen LogP contribution in [0.1, 0.15) is 42.7 Å². The van der Waals surface area contributed by atoms with E-state index in [4.69, 9.17) is 0 Å². The normalized spacial score (nSPS) is 16.1. The van der Waals surface area contributed by atoms with Gasteiger partial charge < -0.3 is 25.6 Å². The van der Waals surface area contributed by atoms with Crippen LogP contribution in [0.4, 0.5) is 10.7 Å². The van der Waals surface area contributed by atoms with E-state index in [9.17, 15) is 14.7 Å². The van der Waals surface area contributed by atoms with Gasteiger partial charge in [-0.05, 0) is 36.3 Å². The minimum atomic E-state index is -0.805. The molecule has 2 heterocycles. The summed E-state index contributed by atoms with van der Waals surface area (Å²) in [5, 5.41) is 15.4. The van der Waals surface area contributed by atoms with E-state index in [0.29, 0.717) is 26.1 Å². The van der Waals surface area contributed by atoms with Crippen molar-refractivity contribution < 1.29 is 14.7 Å². The molecule has 1 atom stereocenters. The number of aromatic nitrogens is 2. The van der Waals surface area contributed by atoms with Crippen molar-refractivity contribution in [2.45, 2.75) is 38.1 Å². The number of nitrogens with zero attached hydrogens (tertiary/aromatic N) is 2. The van der Waals surface area contributed by atoms with Crippen molar-refractivity contribution in [1.29, 1.82) is 0 Å². The van der Waals surface area contributed by atoms with Crippen molar-refractivity contribution in [1.82, 2.24) is 20.2 Å². The lowest BCUT2D eigenvalue weighted by atomic mass is 9.90. The number of anilines is 1. The molecule has 2 amide bonds. The molecule has 0 bridgehead atoms. The molecule has 0 saturated heterocycles. The summed E-state index contributed by atoms with van der Waals surface area (Å²) in [7, 11) is 0. The smallest absolute Gasteiger partial charge is 0.317 e. The average Bonchev–Trinajstić information content (AvgIpc) is 3.13. The van der Waals surface area contributed by atoms with E-state index in [-0.39, 0.29) is 18.4 Å². The number of carbonyl (C=O) groups is 2. The molecule has 2 aromatic rings. The van der Waals surface area contributed by atoms with Crippen molar-refractivity contribution in [2.24, 2.45) is 0 Å². The van der Waals surface area contributed by atoms with Crippen LogP contribution in [0, 0.1) is 0 Å². The highest BCUT2D eigenvalue weighted by molar-refractivity contribution is 5.74. The predicted octanol–water partition coefficient (Wildman–Crippen LogP) is 2.78. The molecule has 1 aromatic carbocycles. The molecule has 0 fully saturated rings. The van der Waals surface area contributed by atoms with Gasteiger partial charge in [-0.2, -0.15) is 0 Å². The van der Waals surface area contributed by atoms with Gasteiger partial charge in [0.1, 0.15) is 0 Å². The molecule has 8 heteroatoms. The van der Waals surface area contributed by atoms with Crippen LogP contribution >= 0.6 is 0 Å². The molecule has 1 aliphatic rings. The number of nitrogens with one attached hydrogen (secondary N) is 3. The van der Waals surface area contributed by atoms with Crippen molar-refractivity contribution in [3.05, 3.63) is 47.8 Å². The molecule has 1 aromatic heterocycles. The molecule has 3 rings (SSSR count). The van der Waals surface area contributed by atoms with Crippen molar-refractivity contribution in [2.75, 3.05) is 25.0 Å². The molecule has 0 aliphatic carbocycles. The van der Waals surface area contributed by atoms with E-state index in [1.807, 2.05) is 24.3 Å². The van der Waals surface area contributed by atoms with Gasteiger partial charge in [0.2, 0.25) is 0 Å². The Kier molecular flexibility index (Phi) is 6.89. The number of aliphatic carboxylic acids is 1. The standard InChI is InChI=1S/C20H27N5O3/c26-18(27)13-15-7-12-25(14-16-5-1-2-6-17(15)16)20(28)24-9-4-3-8-21-19-22-10-11-23-19/h1-2,5-6,10-11,15H,3-4,7-9,12-14H2,(H,24,28)(H,26,27)(H2,21,22,23). The summed E-state index contributed by atoms with van der Waals surface area (Å²) in [4.78, 5) is 32.6. The Morgan fingerprint density at radius 1 is 1.25 bits per heavy atom. The van der Waals surface area contributed by atoms with Crippen LogP contribution < -0.4 is 10.6 Å². The van der Waals surface area contributed by atoms with E-state index >= 15 is 0 Å². The molecule has 150 valence electrons. The summed E-state index contributed by atoms with van der Waals surface area (Å²) in [6.45, 7) is 2.46. The van der Waals surface area contributed by atoms with Gasteiger partial charge in [-0.3, -0.25) is 4.79 Å². The van der Waals surface area contributed by atoms with Gasteiger partial charge in [-0.15, -0.1) is 0 Å². The third-order valence-electron chi connectivity index (χ3n) is 4.98. The molecule has 1 unspecified atom stereocenters. The molecule has 0 radical (unpaired) electrons. The fourth-order valence-corrected chi connectivity index (χ4v) is 3.55. The summed E-state index contributed by atoms with van der Waals surface area (Å²) in [6.07, 6.45) is 6.00. The SMILES string of the molecule is O=C(O)CC1CCN(C(=O)NCCCCNc2ncc[nH]2)Cc2ccccc21. The topological polar surface area (TPSA) is 110 Å². The van der Waals surface area contributed by atoms with Crippen molar-refractivity contribution in [3.63, 3.8) is 0 Å². The third kappa shape index (κ3) is 5.48. The number of imidazole rings is 1. The summed E-state index contributed by atoms with van der Waals surface area (Å²) < 4.78 is 0. The number of fused-ring (bicyclic) bond motifs is 1. The van der Waals surface area contributed by atoms with Gasteiger partial charge >= 0.3 is 12.0 Å². The van der Waals surface area contributed by atoms with Crippen LogP contribution in [0.2, 0.25) is 0 Å². The van der Waals surface area contributed by atoms with Gasteiger partial charge in [0.25, 0.3) is 0 Å². The second-order valence-corrected chi connectivity index (χ2v) is 7.01. The minimum Gasteiger partial charge on any atom is -0.481 e. The van der Waals surface area contributed by atoms with E-state index in [1.54, 1.807) is 17.3 Å². The quantitative estimate of drug-likeness (QED) is 0.522. The Morgan fingerprint density at radius 2 is 2.07 bits per heavy atom. The van der Waals surface area contributed by atoms with E-state index in [0.717, 1.165) is 36.5 Å². The molecular weight excluding hydrogens is 358 g/mol. The number of rotatable bonds is 8. The number of aromatic amines is 1. The maximum absolute atomic E-state index is 12.6. The number of amides is 2. The van der Waals surface area contributed by atoms with Gasteiger partial charge in [0.05, 0.1) is 6.42 Å². The second-order valence-electron chi connectivity index (χ2n) is 7.01. The number of hydrogen-bond acceptors (Lipinski definition) is 4. The Bertz CT molecular complexity index is 778. The maximum atomic E-state index is 12.6. The van der Waals surface area contributed by atoms with Crippen LogP contribution in [-0.4, -0.2) is 51.6 Å². The number of carbonyl (C=O) groups excluding carboxylic acids is 1. The zero-order valence-corrected chi connectivity index (χ0v) is 15.9. The maximum Gasteiger partial charge on any atom is 0.317 e. The first-order valence-corrected chi connectivity index (χ1v) is 9.69. The van der Waals surface area contributed by atoms with E-state index in [2.05, 4.69) is 20.6 Å². The van der Waals surface area contributed by atoms with Gasteiger partial charge in [-0.1, -0.05) is 24.3 Å². The highest BCUT2D eigenvalue weighted by Crippen LogP contribution is 2.31. The Morgan fingerprint density at radius 3 is 2.86 bits per heavy atom. The first-order chi connectivity index (χ1) is 13.6. The lowest BCUT2D eigenvalue weighted by Gasteiger charge is -2.21. The summed E-state index contributed by atoms with van der Waals surface area (Å²) in [5.74, 6) is -0.108. The number of carboxylic acid groups (broad SMARTS) is 1. The van der Waals surface area contributed by atoms with Gasteiger partial charge in [0.15, 0.2) is 5.95 Å². The minimum absolute atomic E-state index is 0.0563. The molecule has 0 saturated carbocycles. The summed E-state index contributed by atoms with van der Waals surface area (Å²) >= 11 is 0. The first kappa shape index (κ1) is 19.7. The van der Waals surface area contributed by atoms with Crippen molar-refractivity contribution >= 4 is 17.9 Å². The Hall–Kier alpha value is -3.03. The van der Waals surface area contributed by atoms with Crippen LogP contribution in [0.15, 0.2) is 36.7 Å².